The minimum Gasteiger partial charge on any atom is -0.492 e. The first-order valence-electron chi connectivity index (χ1n) is 7.42. The van der Waals surface area contributed by atoms with Gasteiger partial charge in [-0.25, -0.2) is 4.79 Å². The summed E-state index contributed by atoms with van der Waals surface area (Å²) in [5.41, 5.74) is 0. The number of hydrogen-bond acceptors (Lipinski definition) is 3. The number of hydrogen-bond donors (Lipinski definition) is 1. The molecule has 1 amide bonds. The van der Waals surface area contributed by atoms with Crippen LogP contribution in [0.1, 0.15) is 32.6 Å². The topological polar surface area (TPSA) is 66.8 Å². The minimum absolute atomic E-state index is 0.0998. The van der Waals surface area contributed by atoms with E-state index in [9.17, 15) is 9.59 Å². The third-order valence-corrected chi connectivity index (χ3v) is 4.29. The molecular formula is C16H20BrNO4. The number of rotatable bonds is 8. The van der Waals surface area contributed by atoms with Gasteiger partial charge in [-0.15, -0.1) is 0 Å². The molecule has 1 aromatic carbocycles. The van der Waals surface area contributed by atoms with E-state index in [-0.39, 0.29) is 11.9 Å². The summed E-state index contributed by atoms with van der Waals surface area (Å²) in [7, 11) is 0. The fourth-order valence-electron chi connectivity index (χ4n) is 2.30. The van der Waals surface area contributed by atoms with Crippen molar-refractivity contribution >= 4 is 27.8 Å². The Morgan fingerprint density at radius 3 is 2.68 bits per heavy atom. The molecule has 1 atom stereocenters. The number of para-hydroxylation sites is 1. The molecular weight excluding hydrogens is 350 g/mol. The third kappa shape index (κ3) is 4.47. The Bertz CT molecular complexity index is 545. The smallest absolute Gasteiger partial charge is 0.326 e. The summed E-state index contributed by atoms with van der Waals surface area (Å²) < 4.78 is 6.49. The molecule has 2 rings (SSSR count). The van der Waals surface area contributed by atoms with Gasteiger partial charge in [0, 0.05) is 12.5 Å². The first-order chi connectivity index (χ1) is 10.5. The Morgan fingerprint density at radius 2 is 2.09 bits per heavy atom. The highest BCUT2D eigenvalue weighted by molar-refractivity contribution is 9.10. The summed E-state index contributed by atoms with van der Waals surface area (Å²) in [6.07, 6.45) is 2.67. The number of amides is 1. The zero-order valence-corrected chi connectivity index (χ0v) is 14.1. The predicted octanol–water partition coefficient (Wildman–Crippen LogP) is 3.07. The van der Waals surface area contributed by atoms with Crippen LogP contribution in [0.25, 0.3) is 0 Å². The van der Waals surface area contributed by atoms with E-state index in [0.717, 1.165) is 23.1 Å². The molecule has 0 saturated heterocycles. The van der Waals surface area contributed by atoms with Gasteiger partial charge < -0.3 is 14.7 Å². The first kappa shape index (κ1) is 16.8. The lowest BCUT2D eigenvalue weighted by Crippen LogP contribution is -2.44. The fourth-order valence-corrected chi connectivity index (χ4v) is 2.70. The Hall–Kier alpha value is -1.56. The highest BCUT2D eigenvalue weighted by Gasteiger charge is 2.37. The summed E-state index contributed by atoms with van der Waals surface area (Å²) in [5, 5.41) is 9.10. The number of benzene rings is 1. The molecule has 1 unspecified atom stereocenters. The number of carbonyl (C=O) groups is 2. The second kappa shape index (κ2) is 7.63. The number of halogens is 1. The number of carboxylic acid groups (broad SMARTS) is 1. The van der Waals surface area contributed by atoms with E-state index in [0.29, 0.717) is 19.4 Å². The molecule has 0 aromatic heterocycles. The number of nitrogens with zero attached hydrogens (tertiary/aromatic N) is 1. The van der Waals surface area contributed by atoms with Crippen molar-refractivity contribution in [3.05, 3.63) is 28.7 Å². The van der Waals surface area contributed by atoms with Crippen LogP contribution in [0.3, 0.4) is 0 Å². The van der Waals surface area contributed by atoms with Gasteiger partial charge in [0.1, 0.15) is 11.8 Å². The largest absolute Gasteiger partial charge is 0.492 e. The van der Waals surface area contributed by atoms with Gasteiger partial charge in [0.2, 0.25) is 5.91 Å². The fraction of sp³-hybridized carbons (Fsp3) is 0.500. The van der Waals surface area contributed by atoms with E-state index in [2.05, 4.69) is 15.9 Å². The third-order valence-electron chi connectivity index (χ3n) is 3.63. The molecule has 1 aromatic rings. The Morgan fingerprint density at radius 1 is 1.41 bits per heavy atom. The second-order valence-electron chi connectivity index (χ2n) is 5.43. The van der Waals surface area contributed by atoms with E-state index in [1.165, 1.54) is 4.90 Å². The van der Waals surface area contributed by atoms with E-state index < -0.39 is 12.0 Å². The lowest BCUT2D eigenvalue weighted by Gasteiger charge is -2.26. The standard InChI is InChI=1S/C16H20BrNO4/c1-11(16(20)21)18(12-8-9-12)15(19)7-4-10-22-14-6-3-2-5-13(14)17/h2-3,5-6,11-12H,4,7-10H2,1H3,(H,20,21). The van der Waals surface area contributed by atoms with Gasteiger partial charge in [0.25, 0.3) is 0 Å². The molecule has 0 heterocycles. The van der Waals surface area contributed by atoms with Crippen LogP contribution in [0.2, 0.25) is 0 Å². The molecule has 0 aliphatic heterocycles. The second-order valence-corrected chi connectivity index (χ2v) is 6.28. The summed E-state index contributed by atoms with van der Waals surface area (Å²) in [5.74, 6) is -0.314. The van der Waals surface area contributed by atoms with E-state index in [4.69, 9.17) is 9.84 Å². The molecule has 22 heavy (non-hydrogen) atoms. The molecule has 1 aliphatic rings. The maximum Gasteiger partial charge on any atom is 0.326 e. The molecule has 0 bridgehead atoms. The van der Waals surface area contributed by atoms with Crippen molar-refractivity contribution in [1.29, 1.82) is 0 Å². The molecule has 1 fully saturated rings. The molecule has 0 spiro atoms. The summed E-state index contributed by atoms with van der Waals surface area (Å²) >= 11 is 3.40. The lowest BCUT2D eigenvalue weighted by atomic mass is 10.2. The van der Waals surface area contributed by atoms with E-state index in [1.807, 2.05) is 24.3 Å². The van der Waals surface area contributed by atoms with Crippen LogP contribution in [0, 0.1) is 0 Å². The van der Waals surface area contributed by atoms with Crippen molar-refractivity contribution in [2.45, 2.75) is 44.7 Å². The maximum atomic E-state index is 12.2. The number of aliphatic carboxylic acids is 1. The van der Waals surface area contributed by atoms with E-state index >= 15 is 0 Å². The van der Waals surface area contributed by atoms with Crippen LogP contribution in [-0.2, 0) is 9.59 Å². The molecule has 120 valence electrons. The average molecular weight is 370 g/mol. The van der Waals surface area contributed by atoms with Crippen molar-refractivity contribution in [3.8, 4) is 5.75 Å². The van der Waals surface area contributed by atoms with Crippen molar-refractivity contribution in [2.24, 2.45) is 0 Å². The van der Waals surface area contributed by atoms with Gasteiger partial charge in [0.15, 0.2) is 0 Å². The average Bonchev–Trinajstić information content (AvgIpc) is 3.30. The van der Waals surface area contributed by atoms with Crippen LogP contribution in [0.4, 0.5) is 0 Å². The van der Waals surface area contributed by atoms with Crippen molar-refractivity contribution in [2.75, 3.05) is 6.61 Å². The van der Waals surface area contributed by atoms with E-state index in [1.54, 1.807) is 6.92 Å². The molecule has 1 N–H and O–H groups in total. The maximum absolute atomic E-state index is 12.2. The van der Waals surface area contributed by atoms with Gasteiger partial charge in [-0.3, -0.25) is 4.79 Å². The van der Waals surface area contributed by atoms with Crippen LogP contribution < -0.4 is 4.74 Å². The molecule has 0 radical (unpaired) electrons. The minimum atomic E-state index is -0.954. The highest BCUT2D eigenvalue weighted by atomic mass is 79.9. The summed E-state index contributed by atoms with van der Waals surface area (Å²) in [6.45, 7) is 1.99. The number of carboxylic acids is 1. The Balaban J connectivity index is 1.79. The Kier molecular flexibility index (Phi) is 5.83. The zero-order valence-electron chi connectivity index (χ0n) is 12.5. The van der Waals surface area contributed by atoms with Gasteiger partial charge >= 0.3 is 5.97 Å². The van der Waals surface area contributed by atoms with Crippen LogP contribution in [0.5, 0.6) is 5.75 Å². The summed E-state index contributed by atoms with van der Waals surface area (Å²) in [6, 6.07) is 6.88. The first-order valence-corrected chi connectivity index (χ1v) is 8.21. The van der Waals surface area contributed by atoms with Gasteiger partial charge in [-0.05, 0) is 54.2 Å². The summed E-state index contributed by atoms with van der Waals surface area (Å²) in [4.78, 5) is 24.9. The monoisotopic (exact) mass is 369 g/mol. The predicted molar refractivity (Wildman–Crippen MR) is 85.8 cm³/mol. The van der Waals surface area contributed by atoms with Gasteiger partial charge in [-0.1, -0.05) is 12.1 Å². The van der Waals surface area contributed by atoms with Crippen LogP contribution in [-0.4, -0.2) is 40.6 Å². The molecule has 5 nitrogen and oxygen atoms in total. The van der Waals surface area contributed by atoms with Crippen molar-refractivity contribution in [3.63, 3.8) is 0 Å². The van der Waals surface area contributed by atoms with Crippen molar-refractivity contribution in [1.82, 2.24) is 4.90 Å². The van der Waals surface area contributed by atoms with Crippen molar-refractivity contribution < 1.29 is 19.4 Å². The quantitative estimate of drug-likeness (QED) is 0.715. The lowest BCUT2D eigenvalue weighted by molar-refractivity contribution is -0.150. The molecule has 1 saturated carbocycles. The SMILES string of the molecule is CC(C(=O)O)N(C(=O)CCCOc1ccccc1Br)C1CC1. The van der Waals surface area contributed by atoms with Gasteiger partial charge in [-0.2, -0.15) is 0 Å². The number of carbonyl (C=O) groups excluding carboxylic acids is 1. The normalized spacial score (nSPS) is 15.2. The molecule has 1 aliphatic carbocycles. The van der Waals surface area contributed by atoms with Crippen LogP contribution >= 0.6 is 15.9 Å². The Labute approximate surface area is 138 Å². The van der Waals surface area contributed by atoms with Crippen LogP contribution in [0.15, 0.2) is 28.7 Å². The highest BCUT2D eigenvalue weighted by Crippen LogP contribution is 2.29. The number of ether oxygens (including phenoxy) is 1. The zero-order chi connectivity index (χ0) is 16.1. The molecule has 6 heteroatoms. The van der Waals surface area contributed by atoms with Gasteiger partial charge in [0.05, 0.1) is 11.1 Å².